The molecule has 0 spiro atoms. The first-order chi connectivity index (χ1) is 13.1. The maximum Gasteiger partial charge on any atom is 0.270 e. The molecule has 0 unspecified atom stereocenters. The van der Waals surface area contributed by atoms with Crippen LogP contribution in [0.25, 0.3) is 5.65 Å². The molecular formula is C20H20N4O3. The number of amides is 2. The molecular weight excluding hydrogens is 344 g/mol. The number of pyridine rings is 1. The van der Waals surface area contributed by atoms with E-state index >= 15 is 0 Å². The van der Waals surface area contributed by atoms with Crippen molar-refractivity contribution in [1.29, 1.82) is 0 Å². The van der Waals surface area contributed by atoms with Crippen LogP contribution in [0.15, 0.2) is 59.7 Å². The Labute approximate surface area is 156 Å². The van der Waals surface area contributed by atoms with E-state index in [1.54, 1.807) is 53.6 Å². The fourth-order valence-corrected chi connectivity index (χ4v) is 2.83. The minimum atomic E-state index is -0.606. The van der Waals surface area contributed by atoms with E-state index in [0.717, 1.165) is 0 Å². The molecule has 2 aromatic heterocycles. The lowest BCUT2D eigenvalue weighted by Crippen LogP contribution is -2.32. The third-order valence-corrected chi connectivity index (χ3v) is 4.31. The number of carbonyl (C=O) groups is 2. The van der Waals surface area contributed by atoms with Crippen molar-refractivity contribution in [2.24, 2.45) is 0 Å². The molecule has 0 aliphatic carbocycles. The fourth-order valence-electron chi connectivity index (χ4n) is 2.83. The Morgan fingerprint density at radius 3 is 2.48 bits per heavy atom. The summed E-state index contributed by atoms with van der Waals surface area (Å²) in [5, 5.41) is 2.68. The summed E-state index contributed by atoms with van der Waals surface area (Å²) in [4.78, 5) is 43.7. The standard InChI is InChI=1S/C20H20N4O3/c1-3-23(4-2)19(26)14-9-5-6-10-16(14)22-18(25)15-13-21-17-11-7-8-12-24(17)20(15)27/h5-13H,3-4H2,1-2H3,(H,22,25). The van der Waals surface area contributed by atoms with Gasteiger partial charge < -0.3 is 10.2 Å². The highest BCUT2D eigenvalue weighted by atomic mass is 16.2. The van der Waals surface area contributed by atoms with Gasteiger partial charge in [0.2, 0.25) is 0 Å². The summed E-state index contributed by atoms with van der Waals surface area (Å²) >= 11 is 0. The lowest BCUT2D eigenvalue weighted by atomic mass is 10.1. The Morgan fingerprint density at radius 2 is 1.74 bits per heavy atom. The number of anilines is 1. The lowest BCUT2D eigenvalue weighted by molar-refractivity contribution is 0.0774. The molecule has 2 heterocycles. The zero-order chi connectivity index (χ0) is 19.4. The number of hydrogen-bond acceptors (Lipinski definition) is 4. The first-order valence-electron chi connectivity index (χ1n) is 8.72. The highest BCUT2D eigenvalue weighted by Gasteiger charge is 2.19. The van der Waals surface area contributed by atoms with Crippen LogP contribution in [0.5, 0.6) is 0 Å². The molecule has 27 heavy (non-hydrogen) atoms. The van der Waals surface area contributed by atoms with Gasteiger partial charge in [-0.15, -0.1) is 0 Å². The minimum Gasteiger partial charge on any atom is -0.339 e. The third-order valence-electron chi connectivity index (χ3n) is 4.31. The monoisotopic (exact) mass is 364 g/mol. The van der Waals surface area contributed by atoms with Crippen LogP contribution < -0.4 is 10.9 Å². The van der Waals surface area contributed by atoms with E-state index in [1.165, 1.54) is 10.6 Å². The SMILES string of the molecule is CCN(CC)C(=O)c1ccccc1NC(=O)c1cnc2ccccn2c1=O. The molecule has 0 saturated carbocycles. The number of fused-ring (bicyclic) bond motifs is 1. The Morgan fingerprint density at radius 1 is 1.04 bits per heavy atom. The zero-order valence-electron chi connectivity index (χ0n) is 15.2. The second-order valence-electron chi connectivity index (χ2n) is 5.88. The number of nitrogens with zero attached hydrogens (tertiary/aromatic N) is 3. The molecule has 0 saturated heterocycles. The van der Waals surface area contributed by atoms with E-state index in [1.807, 2.05) is 13.8 Å². The van der Waals surface area contributed by atoms with Gasteiger partial charge in [0.05, 0.1) is 11.3 Å². The summed E-state index contributed by atoms with van der Waals surface area (Å²) in [5.74, 6) is -0.783. The van der Waals surface area contributed by atoms with Gasteiger partial charge in [-0.3, -0.25) is 18.8 Å². The fraction of sp³-hybridized carbons (Fsp3) is 0.200. The summed E-state index contributed by atoms with van der Waals surface area (Å²) in [5.41, 5.74) is 0.631. The Hall–Kier alpha value is -3.48. The number of aromatic nitrogens is 2. The molecule has 2 amide bonds. The zero-order valence-corrected chi connectivity index (χ0v) is 15.2. The predicted octanol–water partition coefficient (Wildman–Crippen LogP) is 2.43. The van der Waals surface area contributed by atoms with Crippen LogP contribution in [-0.2, 0) is 0 Å². The van der Waals surface area contributed by atoms with Gasteiger partial charge in [-0.2, -0.15) is 0 Å². The van der Waals surface area contributed by atoms with Crippen molar-refractivity contribution in [3.8, 4) is 0 Å². The lowest BCUT2D eigenvalue weighted by Gasteiger charge is -2.20. The third kappa shape index (κ3) is 3.57. The van der Waals surface area contributed by atoms with Crippen molar-refractivity contribution >= 4 is 23.1 Å². The van der Waals surface area contributed by atoms with Gasteiger partial charge in [0, 0.05) is 25.5 Å². The van der Waals surface area contributed by atoms with Crippen LogP contribution in [-0.4, -0.2) is 39.2 Å². The van der Waals surface area contributed by atoms with Crippen molar-refractivity contribution in [1.82, 2.24) is 14.3 Å². The molecule has 7 nitrogen and oxygen atoms in total. The molecule has 3 aromatic rings. The Balaban J connectivity index is 1.95. The molecule has 0 aliphatic rings. The van der Waals surface area contributed by atoms with Crippen LogP contribution in [0.2, 0.25) is 0 Å². The average Bonchev–Trinajstić information content (AvgIpc) is 2.69. The molecule has 0 radical (unpaired) electrons. The van der Waals surface area contributed by atoms with Gasteiger partial charge in [0.1, 0.15) is 11.2 Å². The molecule has 0 fully saturated rings. The predicted molar refractivity (Wildman–Crippen MR) is 103 cm³/mol. The summed E-state index contributed by atoms with van der Waals surface area (Å²) in [6, 6.07) is 11.9. The first kappa shape index (κ1) is 18.3. The number of benzene rings is 1. The van der Waals surface area contributed by atoms with Crippen LogP contribution in [0.1, 0.15) is 34.6 Å². The number of hydrogen-bond donors (Lipinski definition) is 1. The molecule has 0 atom stereocenters. The topological polar surface area (TPSA) is 83.8 Å². The van der Waals surface area contributed by atoms with Crippen LogP contribution in [0.3, 0.4) is 0 Å². The Kier molecular flexibility index (Phi) is 5.30. The van der Waals surface area contributed by atoms with Crippen LogP contribution in [0.4, 0.5) is 5.69 Å². The molecule has 0 aliphatic heterocycles. The van der Waals surface area contributed by atoms with Gasteiger partial charge in [-0.25, -0.2) is 4.98 Å². The number of para-hydroxylation sites is 1. The summed E-state index contributed by atoms with van der Waals surface area (Å²) in [6.07, 6.45) is 2.81. The van der Waals surface area contributed by atoms with E-state index in [0.29, 0.717) is 30.0 Å². The van der Waals surface area contributed by atoms with Gasteiger partial charge in [-0.05, 0) is 38.1 Å². The molecule has 7 heteroatoms. The van der Waals surface area contributed by atoms with E-state index in [2.05, 4.69) is 10.3 Å². The van der Waals surface area contributed by atoms with Crippen molar-refractivity contribution in [3.05, 3.63) is 76.3 Å². The molecule has 1 N–H and O–H groups in total. The second kappa shape index (κ2) is 7.82. The van der Waals surface area contributed by atoms with E-state index in [4.69, 9.17) is 0 Å². The maximum absolute atomic E-state index is 12.7. The maximum atomic E-state index is 12.7. The largest absolute Gasteiger partial charge is 0.339 e. The summed E-state index contributed by atoms with van der Waals surface area (Å²) in [6.45, 7) is 4.91. The van der Waals surface area contributed by atoms with E-state index < -0.39 is 11.5 Å². The van der Waals surface area contributed by atoms with Gasteiger partial charge in [-0.1, -0.05) is 18.2 Å². The highest BCUT2D eigenvalue weighted by Crippen LogP contribution is 2.18. The van der Waals surface area contributed by atoms with Crippen molar-refractivity contribution < 1.29 is 9.59 Å². The van der Waals surface area contributed by atoms with Crippen molar-refractivity contribution in [3.63, 3.8) is 0 Å². The average molecular weight is 364 g/mol. The normalized spacial score (nSPS) is 10.6. The molecule has 138 valence electrons. The number of rotatable bonds is 5. The van der Waals surface area contributed by atoms with Gasteiger partial charge in [0.15, 0.2) is 0 Å². The van der Waals surface area contributed by atoms with Crippen molar-refractivity contribution in [2.75, 3.05) is 18.4 Å². The van der Waals surface area contributed by atoms with Gasteiger partial charge >= 0.3 is 0 Å². The van der Waals surface area contributed by atoms with Crippen molar-refractivity contribution in [2.45, 2.75) is 13.8 Å². The Bertz CT molecular complexity index is 1050. The second-order valence-corrected chi connectivity index (χ2v) is 5.88. The quantitative estimate of drug-likeness (QED) is 0.754. The molecule has 3 rings (SSSR count). The highest BCUT2D eigenvalue weighted by molar-refractivity contribution is 6.08. The van der Waals surface area contributed by atoms with Crippen LogP contribution in [0, 0.1) is 0 Å². The number of carbonyl (C=O) groups excluding carboxylic acids is 2. The molecule has 1 aromatic carbocycles. The first-order valence-corrected chi connectivity index (χ1v) is 8.72. The molecule has 0 bridgehead atoms. The van der Waals surface area contributed by atoms with Crippen LogP contribution >= 0.6 is 0 Å². The van der Waals surface area contributed by atoms with Gasteiger partial charge in [0.25, 0.3) is 17.4 Å². The minimum absolute atomic E-state index is 0.0937. The summed E-state index contributed by atoms with van der Waals surface area (Å²) < 4.78 is 1.31. The summed E-state index contributed by atoms with van der Waals surface area (Å²) in [7, 11) is 0. The van der Waals surface area contributed by atoms with E-state index in [-0.39, 0.29) is 11.5 Å². The van der Waals surface area contributed by atoms with E-state index in [9.17, 15) is 14.4 Å². The smallest absolute Gasteiger partial charge is 0.270 e. The number of nitrogens with one attached hydrogen (secondary N) is 1.